The van der Waals surface area contributed by atoms with Crippen LogP contribution in [0.25, 0.3) is 11.1 Å². The molecular weight excluding hydrogens is 492 g/mol. The van der Waals surface area contributed by atoms with Gasteiger partial charge in [-0.2, -0.15) is 0 Å². The summed E-state index contributed by atoms with van der Waals surface area (Å²) in [5.41, 5.74) is 4.89. The zero-order valence-corrected chi connectivity index (χ0v) is 22.7. The lowest BCUT2D eigenvalue weighted by atomic mass is 10.00. The van der Waals surface area contributed by atoms with Gasteiger partial charge >= 0.3 is 0 Å². The number of ether oxygens (including phenoxy) is 4. The summed E-state index contributed by atoms with van der Waals surface area (Å²) in [6, 6.07) is 15.7. The molecule has 1 aliphatic rings. The summed E-state index contributed by atoms with van der Waals surface area (Å²) in [4.78, 5) is 17.3. The number of hydrogen-bond donors (Lipinski definition) is 0. The Morgan fingerprint density at radius 2 is 1.49 bits per heavy atom. The van der Waals surface area contributed by atoms with Crippen molar-refractivity contribution in [3.8, 4) is 34.1 Å². The monoisotopic (exact) mass is 524 g/mol. The van der Waals surface area contributed by atoms with E-state index < -0.39 is 0 Å². The van der Waals surface area contributed by atoms with E-state index in [2.05, 4.69) is 11.0 Å². The molecule has 0 bridgehead atoms. The lowest BCUT2D eigenvalue weighted by Crippen LogP contribution is -2.49. The summed E-state index contributed by atoms with van der Waals surface area (Å²) < 4.78 is 22.2. The lowest BCUT2D eigenvalue weighted by Gasteiger charge is -2.37. The van der Waals surface area contributed by atoms with Crippen molar-refractivity contribution < 1.29 is 23.7 Å². The van der Waals surface area contributed by atoms with Crippen molar-refractivity contribution in [3.63, 3.8) is 0 Å². The van der Waals surface area contributed by atoms with Gasteiger partial charge in [0.1, 0.15) is 0 Å². The van der Waals surface area contributed by atoms with Crippen LogP contribution < -0.4 is 23.8 Å². The van der Waals surface area contributed by atoms with Crippen LogP contribution in [0.15, 0.2) is 48.5 Å². The van der Waals surface area contributed by atoms with Gasteiger partial charge in [-0.05, 0) is 41.8 Å². The molecule has 0 aromatic heterocycles. The quantitative estimate of drug-likeness (QED) is 0.401. The molecule has 1 heterocycles. The highest BCUT2D eigenvalue weighted by molar-refractivity contribution is 6.31. The predicted molar refractivity (Wildman–Crippen MR) is 147 cm³/mol. The van der Waals surface area contributed by atoms with Crippen molar-refractivity contribution in [2.24, 2.45) is 0 Å². The Morgan fingerprint density at radius 3 is 2.08 bits per heavy atom. The molecule has 0 saturated carbocycles. The van der Waals surface area contributed by atoms with Crippen LogP contribution in [-0.4, -0.2) is 65.4 Å². The summed E-state index contributed by atoms with van der Waals surface area (Å²) in [7, 11) is 6.30. The highest BCUT2D eigenvalue weighted by Crippen LogP contribution is 2.50. The van der Waals surface area contributed by atoms with E-state index in [1.54, 1.807) is 28.4 Å². The molecule has 37 heavy (non-hydrogen) atoms. The Labute approximate surface area is 223 Å². The fraction of sp³-hybridized carbons (Fsp3) is 0.345. The number of piperazine rings is 1. The van der Waals surface area contributed by atoms with Crippen molar-refractivity contribution in [2.75, 3.05) is 59.5 Å². The third kappa shape index (κ3) is 5.42. The minimum Gasteiger partial charge on any atom is -0.493 e. The van der Waals surface area contributed by atoms with Gasteiger partial charge in [0.2, 0.25) is 17.4 Å². The van der Waals surface area contributed by atoms with Gasteiger partial charge in [0.15, 0.2) is 11.5 Å². The normalized spacial score (nSPS) is 13.4. The second kappa shape index (κ2) is 11.6. The van der Waals surface area contributed by atoms with Crippen LogP contribution in [0.4, 0.5) is 5.69 Å². The number of rotatable bonds is 8. The van der Waals surface area contributed by atoms with E-state index in [-0.39, 0.29) is 5.91 Å². The minimum atomic E-state index is 0.126. The molecule has 3 aromatic carbocycles. The van der Waals surface area contributed by atoms with Gasteiger partial charge in [-0.1, -0.05) is 41.9 Å². The second-order valence-corrected chi connectivity index (χ2v) is 9.26. The van der Waals surface area contributed by atoms with Gasteiger partial charge < -0.3 is 28.7 Å². The third-order valence-corrected chi connectivity index (χ3v) is 7.23. The van der Waals surface area contributed by atoms with Crippen LogP contribution in [0, 0.1) is 6.92 Å². The standard InChI is InChI=1S/C29H33ClN2O5/c1-19-23(30)7-6-8-24(19)31-13-15-32(16-14-31)26(33)17-20-9-11-21(12-10-20)22-18-25(34-2)28(36-4)29(37-5)27(22)35-3/h6-12,18H,13-17H2,1-5H3. The second-order valence-electron chi connectivity index (χ2n) is 8.85. The van der Waals surface area contributed by atoms with Gasteiger partial charge in [-0.25, -0.2) is 0 Å². The molecule has 1 aliphatic heterocycles. The number of hydrogen-bond acceptors (Lipinski definition) is 6. The smallest absolute Gasteiger partial charge is 0.227 e. The molecular formula is C29H33ClN2O5. The Bertz CT molecular complexity index is 1250. The highest BCUT2D eigenvalue weighted by atomic mass is 35.5. The molecule has 4 rings (SSSR count). The Balaban J connectivity index is 1.45. The van der Waals surface area contributed by atoms with Gasteiger partial charge in [-0.15, -0.1) is 0 Å². The first-order chi connectivity index (χ1) is 17.9. The summed E-state index contributed by atoms with van der Waals surface area (Å²) in [5.74, 6) is 2.16. The van der Waals surface area contributed by atoms with E-state index in [9.17, 15) is 4.79 Å². The van der Waals surface area contributed by atoms with Crippen LogP contribution in [0.3, 0.4) is 0 Å². The number of amides is 1. The molecule has 0 spiro atoms. The van der Waals surface area contributed by atoms with Crippen molar-refractivity contribution in [1.29, 1.82) is 0 Å². The number of carbonyl (C=O) groups excluding carboxylic acids is 1. The molecule has 1 saturated heterocycles. The number of anilines is 1. The Morgan fingerprint density at radius 1 is 0.838 bits per heavy atom. The molecule has 7 nitrogen and oxygen atoms in total. The van der Waals surface area contributed by atoms with Gasteiger partial charge in [0, 0.05) is 42.5 Å². The first-order valence-corrected chi connectivity index (χ1v) is 12.5. The largest absolute Gasteiger partial charge is 0.493 e. The van der Waals surface area contributed by atoms with Crippen molar-refractivity contribution in [3.05, 3.63) is 64.7 Å². The fourth-order valence-corrected chi connectivity index (χ4v) is 4.94. The highest BCUT2D eigenvalue weighted by Gasteiger charge is 2.24. The SMILES string of the molecule is COc1cc(-c2ccc(CC(=O)N3CCN(c4cccc(Cl)c4C)CC3)cc2)c(OC)c(OC)c1OC. The number of carbonyl (C=O) groups is 1. The zero-order valence-electron chi connectivity index (χ0n) is 22.0. The lowest BCUT2D eigenvalue weighted by molar-refractivity contribution is -0.130. The van der Waals surface area contributed by atoms with E-state index in [4.69, 9.17) is 30.5 Å². The third-order valence-electron chi connectivity index (χ3n) is 6.82. The molecule has 0 unspecified atom stereocenters. The Hall–Kier alpha value is -3.58. The maximum absolute atomic E-state index is 13.0. The molecule has 0 aliphatic carbocycles. The van der Waals surface area contributed by atoms with Crippen molar-refractivity contribution >= 4 is 23.2 Å². The molecule has 0 radical (unpaired) electrons. The van der Waals surface area contributed by atoms with E-state index in [0.717, 1.165) is 46.1 Å². The van der Waals surface area contributed by atoms with E-state index in [1.807, 2.05) is 54.3 Å². The molecule has 8 heteroatoms. The number of methoxy groups -OCH3 is 4. The average Bonchev–Trinajstić information content (AvgIpc) is 2.93. The molecule has 1 amide bonds. The fourth-order valence-electron chi connectivity index (χ4n) is 4.77. The molecule has 0 atom stereocenters. The van der Waals surface area contributed by atoms with E-state index in [0.29, 0.717) is 42.5 Å². The van der Waals surface area contributed by atoms with Crippen molar-refractivity contribution in [1.82, 2.24) is 4.90 Å². The van der Waals surface area contributed by atoms with Gasteiger partial charge in [-0.3, -0.25) is 4.79 Å². The molecule has 1 fully saturated rings. The first-order valence-electron chi connectivity index (χ1n) is 12.2. The van der Waals surface area contributed by atoms with Crippen LogP contribution in [-0.2, 0) is 11.2 Å². The first kappa shape index (κ1) is 26.5. The molecule has 196 valence electrons. The molecule has 0 N–H and O–H groups in total. The predicted octanol–water partition coefficient (Wildman–Crippen LogP) is 5.24. The Kier molecular flexibility index (Phi) is 8.34. The zero-order chi connectivity index (χ0) is 26.5. The number of nitrogens with zero attached hydrogens (tertiary/aromatic N) is 2. The minimum absolute atomic E-state index is 0.126. The maximum Gasteiger partial charge on any atom is 0.227 e. The van der Waals surface area contributed by atoms with Crippen LogP contribution in [0.2, 0.25) is 5.02 Å². The molecule has 3 aromatic rings. The summed E-state index contributed by atoms with van der Waals surface area (Å²) in [6.07, 6.45) is 0.350. The summed E-state index contributed by atoms with van der Waals surface area (Å²) in [5, 5.41) is 0.767. The maximum atomic E-state index is 13.0. The van der Waals surface area contributed by atoms with Crippen molar-refractivity contribution in [2.45, 2.75) is 13.3 Å². The van der Waals surface area contributed by atoms with E-state index >= 15 is 0 Å². The van der Waals surface area contributed by atoms with E-state index in [1.165, 1.54) is 0 Å². The number of halogens is 1. The summed E-state index contributed by atoms with van der Waals surface area (Å²) in [6.45, 7) is 4.98. The van der Waals surface area contributed by atoms with Gasteiger partial charge in [0.25, 0.3) is 0 Å². The number of benzene rings is 3. The summed E-state index contributed by atoms with van der Waals surface area (Å²) >= 11 is 6.30. The van der Waals surface area contributed by atoms with Crippen LogP contribution >= 0.6 is 11.6 Å². The van der Waals surface area contributed by atoms with Crippen LogP contribution in [0.1, 0.15) is 11.1 Å². The van der Waals surface area contributed by atoms with Gasteiger partial charge in [0.05, 0.1) is 34.9 Å². The van der Waals surface area contributed by atoms with Crippen LogP contribution in [0.5, 0.6) is 23.0 Å². The average molecular weight is 525 g/mol. The topological polar surface area (TPSA) is 60.5 Å².